The molecule has 1 aromatic carbocycles. The lowest BCUT2D eigenvalue weighted by Gasteiger charge is -2.23. The van der Waals surface area contributed by atoms with Crippen LogP contribution in [0.15, 0.2) is 24.5 Å². The summed E-state index contributed by atoms with van der Waals surface area (Å²) in [5.41, 5.74) is 2.37. The number of nitrogens with one attached hydrogen (secondary N) is 1. The summed E-state index contributed by atoms with van der Waals surface area (Å²) < 4.78 is 0. The van der Waals surface area contributed by atoms with Gasteiger partial charge in [0.15, 0.2) is 0 Å². The minimum atomic E-state index is 0.0000341. The Morgan fingerprint density at radius 3 is 2.65 bits per heavy atom. The van der Waals surface area contributed by atoms with Gasteiger partial charge in [0.2, 0.25) is 5.91 Å². The summed E-state index contributed by atoms with van der Waals surface area (Å²) >= 11 is 0. The van der Waals surface area contributed by atoms with Gasteiger partial charge in [0.05, 0.1) is 17.4 Å². The number of carbonyl (C=O) groups excluding carboxylic acids is 2. The normalized spacial score (nSPS) is 16.0. The maximum atomic E-state index is 12.7. The van der Waals surface area contributed by atoms with Crippen molar-refractivity contribution in [1.82, 2.24) is 19.8 Å². The van der Waals surface area contributed by atoms with Crippen molar-refractivity contribution in [2.45, 2.75) is 20.3 Å². The van der Waals surface area contributed by atoms with Crippen molar-refractivity contribution in [3.05, 3.63) is 30.1 Å². The highest BCUT2D eigenvalue weighted by Gasteiger charge is 2.24. The first kappa shape index (κ1) is 15.5. The highest BCUT2D eigenvalue weighted by Crippen LogP contribution is 2.15. The Hall–Kier alpha value is -2.37. The van der Waals surface area contributed by atoms with Crippen molar-refractivity contribution in [3.8, 4) is 0 Å². The van der Waals surface area contributed by atoms with E-state index in [9.17, 15) is 9.59 Å². The van der Waals surface area contributed by atoms with E-state index in [1.807, 2.05) is 41.8 Å². The molecule has 2 aromatic rings. The molecular weight excluding hydrogens is 292 g/mol. The molecule has 1 aromatic heterocycles. The highest BCUT2D eigenvalue weighted by molar-refractivity contribution is 5.97. The number of aromatic nitrogens is 2. The first-order valence-corrected chi connectivity index (χ1v) is 8.07. The first-order chi connectivity index (χ1) is 11.1. The van der Waals surface area contributed by atoms with Gasteiger partial charge in [-0.2, -0.15) is 0 Å². The van der Waals surface area contributed by atoms with E-state index >= 15 is 0 Å². The fraction of sp³-hybridized carbons (Fsp3) is 0.471. The van der Waals surface area contributed by atoms with E-state index in [4.69, 9.17) is 0 Å². The number of hydrogen-bond donors (Lipinski definition) is 1. The van der Waals surface area contributed by atoms with Crippen LogP contribution in [0.3, 0.4) is 0 Å². The van der Waals surface area contributed by atoms with Crippen LogP contribution in [0.4, 0.5) is 0 Å². The van der Waals surface area contributed by atoms with Gasteiger partial charge in [0, 0.05) is 37.7 Å². The molecule has 0 saturated carbocycles. The molecule has 1 saturated heterocycles. The SMILES string of the molecule is CC(C)C(=O)N1CCCN(C(=O)c2ccc3nc[nH]c3c2)CC1. The van der Waals surface area contributed by atoms with Gasteiger partial charge in [-0.1, -0.05) is 13.8 Å². The summed E-state index contributed by atoms with van der Waals surface area (Å²) in [5.74, 6) is 0.179. The van der Waals surface area contributed by atoms with Crippen LogP contribution in [0.25, 0.3) is 11.0 Å². The van der Waals surface area contributed by atoms with Crippen LogP contribution in [-0.4, -0.2) is 57.8 Å². The van der Waals surface area contributed by atoms with Crippen LogP contribution in [0.2, 0.25) is 0 Å². The van der Waals surface area contributed by atoms with Gasteiger partial charge in [-0.25, -0.2) is 4.98 Å². The second-order valence-corrected chi connectivity index (χ2v) is 6.26. The summed E-state index contributed by atoms with van der Waals surface area (Å²) in [7, 11) is 0. The number of rotatable bonds is 2. The number of benzene rings is 1. The van der Waals surface area contributed by atoms with E-state index in [-0.39, 0.29) is 17.7 Å². The van der Waals surface area contributed by atoms with Gasteiger partial charge in [-0.05, 0) is 24.6 Å². The molecule has 122 valence electrons. The zero-order valence-corrected chi connectivity index (χ0v) is 13.6. The Balaban J connectivity index is 1.71. The Bertz CT molecular complexity index is 722. The second-order valence-electron chi connectivity index (χ2n) is 6.26. The molecule has 6 heteroatoms. The Kier molecular flexibility index (Phi) is 4.32. The number of carbonyl (C=O) groups is 2. The Labute approximate surface area is 135 Å². The molecule has 23 heavy (non-hydrogen) atoms. The van der Waals surface area contributed by atoms with Crippen molar-refractivity contribution in [2.24, 2.45) is 5.92 Å². The zero-order valence-electron chi connectivity index (χ0n) is 13.6. The fourth-order valence-electron chi connectivity index (χ4n) is 2.96. The van der Waals surface area contributed by atoms with Crippen molar-refractivity contribution in [3.63, 3.8) is 0 Å². The summed E-state index contributed by atoms with van der Waals surface area (Å²) in [4.78, 5) is 35.7. The van der Waals surface area contributed by atoms with Crippen molar-refractivity contribution >= 4 is 22.8 Å². The van der Waals surface area contributed by atoms with Gasteiger partial charge in [0.25, 0.3) is 5.91 Å². The maximum Gasteiger partial charge on any atom is 0.253 e. The molecule has 0 atom stereocenters. The molecule has 0 aliphatic carbocycles. The predicted molar refractivity (Wildman–Crippen MR) is 88.0 cm³/mol. The van der Waals surface area contributed by atoms with Gasteiger partial charge >= 0.3 is 0 Å². The first-order valence-electron chi connectivity index (χ1n) is 8.07. The molecule has 2 amide bonds. The van der Waals surface area contributed by atoms with Crippen LogP contribution in [0, 0.1) is 5.92 Å². The quantitative estimate of drug-likeness (QED) is 0.920. The lowest BCUT2D eigenvalue weighted by molar-refractivity contribution is -0.134. The number of nitrogens with zero attached hydrogens (tertiary/aromatic N) is 3. The average Bonchev–Trinajstić information content (AvgIpc) is 2.88. The number of imidazole rings is 1. The Morgan fingerprint density at radius 2 is 1.87 bits per heavy atom. The van der Waals surface area contributed by atoms with Crippen LogP contribution < -0.4 is 0 Å². The number of H-pyrrole nitrogens is 1. The standard InChI is InChI=1S/C17H22N4O2/c1-12(2)16(22)20-6-3-7-21(9-8-20)17(23)13-4-5-14-15(10-13)19-11-18-14/h4-5,10-12H,3,6-9H2,1-2H3,(H,18,19). The summed E-state index contributed by atoms with van der Waals surface area (Å²) in [5, 5.41) is 0. The third-order valence-electron chi connectivity index (χ3n) is 4.26. The molecular formula is C17H22N4O2. The van der Waals surface area contributed by atoms with Gasteiger partial charge < -0.3 is 14.8 Å². The smallest absolute Gasteiger partial charge is 0.253 e. The number of aromatic amines is 1. The molecule has 6 nitrogen and oxygen atoms in total. The van der Waals surface area contributed by atoms with Crippen molar-refractivity contribution < 1.29 is 9.59 Å². The van der Waals surface area contributed by atoms with Crippen LogP contribution in [-0.2, 0) is 4.79 Å². The van der Waals surface area contributed by atoms with E-state index in [2.05, 4.69) is 9.97 Å². The van der Waals surface area contributed by atoms with Crippen LogP contribution in [0.1, 0.15) is 30.6 Å². The highest BCUT2D eigenvalue weighted by atomic mass is 16.2. The van der Waals surface area contributed by atoms with Crippen molar-refractivity contribution in [1.29, 1.82) is 0 Å². The molecule has 1 aliphatic heterocycles. The number of amides is 2. The van der Waals surface area contributed by atoms with E-state index < -0.39 is 0 Å². The topological polar surface area (TPSA) is 69.3 Å². The van der Waals surface area contributed by atoms with E-state index in [0.717, 1.165) is 24.0 Å². The third-order valence-corrected chi connectivity index (χ3v) is 4.26. The molecule has 1 aliphatic rings. The third kappa shape index (κ3) is 3.21. The number of fused-ring (bicyclic) bond motifs is 1. The summed E-state index contributed by atoms with van der Waals surface area (Å²) in [6.07, 6.45) is 2.44. The lowest BCUT2D eigenvalue weighted by Crippen LogP contribution is -2.38. The van der Waals surface area contributed by atoms with Crippen molar-refractivity contribution in [2.75, 3.05) is 26.2 Å². The molecule has 1 fully saturated rings. The molecule has 0 radical (unpaired) electrons. The number of hydrogen-bond acceptors (Lipinski definition) is 3. The molecule has 3 rings (SSSR count). The Morgan fingerprint density at radius 1 is 1.13 bits per heavy atom. The molecule has 1 N–H and O–H groups in total. The van der Waals surface area contributed by atoms with Gasteiger partial charge in [0.1, 0.15) is 0 Å². The lowest BCUT2D eigenvalue weighted by atomic mass is 10.1. The van der Waals surface area contributed by atoms with Crippen LogP contribution >= 0.6 is 0 Å². The van der Waals surface area contributed by atoms with Gasteiger partial charge in [-0.15, -0.1) is 0 Å². The summed E-state index contributed by atoms with van der Waals surface area (Å²) in [6.45, 7) is 6.42. The minimum Gasteiger partial charge on any atom is -0.345 e. The largest absolute Gasteiger partial charge is 0.345 e. The van der Waals surface area contributed by atoms with E-state index in [1.54, 1.807) is 6.33 Å². The molecule has 2 heterocycles. The summed E-state index contributed by atoms with van der Waals surface area (Å²) in [6, 6.07) is 5.51. The monoisotopic (exact) mass is 314 g/mol. The fourth-order valence-corrected chi connectivity index (χ4v) is 2.96. The maximum absolute atomic E-state index is 12.7. The molecule has 0 bridgehead atoms. The predicted octanol–water partition coefficient (Wildman–Crippen LogP) is 1.89. The molecule has 0 spiro atoms. The van der Waals surface area contributed by atoms with Gasteiger partial charge in [-0.3, -0.25) is 9.59 Å². The second kappa shape index (κ2) is 6.40. The minimum absolute atomic E-state index is 0.0000341. The zero-order chi connectivity index (χ0) is 16.4. The van der Waals surface area contributed by atoms with E-state index in [1.165, 1.54) is 0 Å². The van der Waals surface area contributed by atoms with Crippen LogP contribution in [0.5, 0.6) is 0 Å². The molecule has 0 unspecified atom stereocenters. The average molecular weight is 314 g/mol. The van der Waals surface area contributed by atoms with E-state index in [0.29, 0.717) is 25.2 Å².